The highest BCUT2D eigenvalue weighted by atomic mass is 19.1. The number of nitrogens with zero attached hydrogens (tertiary/aromatic N) is 1. The van der Waals surface area contributed by atoms with Gasteiger partial charge in [0.05, 0.1) is 18.7 Å². The average molecular weight is 284 g/mol. The van der Waals surface area contributed by atoms with Gasteiger partial charge in [0.2, 0.25) is 0 Å². The number of benzene rings is 2. The van der Waals surface area contributed by atoms with Crippen molar-refractivity contribution in [1.82, 2.24) is 5.32 Å². The first-order valence-electron chi connectivity index (χ1n) is 6.70. The monoisotopic (exact) mass is 284 g/mol. The van der Waals surface area contributed by atoms with E-state index in [-0.39, 0.29) is 11.9 Å². The van der Waals surface area contributed by atoms with Crippen molar-refractivity contribution in [1.29, 1.82) is 5.26 Å². The topological polar surface area (TPSA) is 45.0 Å². The lowest BCUT2D eigenvalue weighted by Gasteiger charge is -2.17. The third-order valence-corrected chi connectivity index (χ3v) is 3.38. The van der Waals surface area contributed by atoms with E-state index in [0.29, 0.717) is 17.7 Å². The molecule has 1 atom stereocenters. The van der Waals surface area contributed by atoms with Crippen LogP contribution in [-0.2, 0) is 6.54 Å². The van der Waals surface area contributed by atoms with E-state index < -0.39 is 0 Å². The van der Waals surface area contributed by atoms with Gasteiger partial charge in [0.1, 0.15) is 11.6 Å². The van der Waals surface area contributed by atoms with Crippen molar-refractivity contribution < 1.29 is 9.13 Å². The van der Waals surface area contributed by atoms with Crippen molar-refractivity contribution in [3.05, 3.63) is 65.0 Å². The SMILES string of the molecule is COc1ccccc1[C@@H](C)NCc1cc(C#N)ccc1F. The Morgan fingerprint density at radius 3 is 2.76 bits per heavy atom. The van der Waals surface area contributed by atoms with Crippen LogP contribution in [0.1, 0.15) is 29.7 Å². The van der Waals surface area contributed by atoms with Crippen molar-refractivity contribution in [3.8, 4) is 11.8 Å². The van der Waals surface area contributed by atoms with Gasteiger partial charge in [-0.3, -0.25) is 0 Å². The second-order valence-electron chi connectivity index (χ2n) is 4.76. The zero-order valence-electron chi connectivity index (χ0n) is 12.1. The highest BCUT2D eigenvalue weighted by molar-refractivity contribution is 5.36. The summed E-state index contributed by atoms with van der Waals surface area (Å²) in [6, 6.07) is 14.1. The standard InChI is InChI=1S/C17H17FN2O/c1-12(15-5-3-4-6-17(15)21-2)20-11-14-9-13(10-19)7-8-16(14)18/h3-9,12,20H,11H2,1-2H3/t12-/m1/s1. The van der Waals surface area contributed by atoms with Crippen molar-refractivity contribution in [2.75, 3.05) is 7.11 Å². The number of nitriles is 1. The normalized spacial score (nSPS) is 11.7. The van der Waals surface area contributed by atoms with Crippen LogP contribution in [0, 0.1) is 17.1 Å². The zero-order valence-corrected chi connectivity index (χ0v) is 12.1. The Morgan fingerprint density at radius 2 is 2.05 bits per heavy atom. The predicted molar refractivity (Wildman–Crippen MR) is 79.4 cm³/mol. The van der Waals surface area contributed by atoms with E-state index in [1.54, 1.807) is 13.2 Å². The molecule has 0 aliphatic rings. The van der Waals surface area contributed by atoms with Gasteiger partial charge < -0.3 is 10.1 Å². The number of hydrogen-bond acceptors (Lipinski definition) is 3. The number of hydrogen-bond donors (Lipinski definition) is 1. The summed E-state index contributed by atoms with van der Waals surface area (Å²) in [4.78, 5) is 0. The summed E-state index contributed by atoms with van der Waals surface area (Å²) >= 11 is 0. The maximum Gasteiger partial charge on any atom is 0.127 e. The minimum absolute atomic E-state index is 0.00583. The highest BCUT2D eigenvalue weighted by Gasteiger charge is 2.11. The molecule has 4 heteroatoms. The van der Waals surface area contributed by atoms with E-state index in [9.17, 15) is 4.39 Å². The number of rotatable bonds is 5. The van der Waals surface area contributed by atoms with Crippen LogP contribution in [0.2, 0.25) is 0 Å². The Labute approximate surface area is 124 Å². The molecule has 0 amide bonds. The predicted octanol–water partition coefficient (Wildman–Crippen LogP) is 3.56. The van der Waals surface area contributed by atoms with Gasteiger partial charge in [-0.1, -0.05) is 18.2 Å². The largest absolute Gasteiger partial charge is 0.496 e. The van der Waals surface area contributed by atoms with Crippen LogP contribution in [-0.4, -0.2) is 7.11 Å². The fraction of sp³-hybridized carbons (Fsp3) is 0.235. The molecule has 108 valence electrons. The molecule has 0 heterocycles. The smallest absolute Gasteiger partial charge is 0.127 e. The minimum atomic E-state index is -0.311. The first-order chi connectivity index (χ1) is 10.2. The molecule has 0 saturated carbocycles. The number of nitrogens with one attached hydrogen (secondary N) is 1. The summed E-state index contributed by atoms with van der Waals surface area (Å²) < 4.78 is 19.1. The van der Waals surface area contributed by atoms with Crippen LogP contribution in [0.15, 0.2) is 42.5 Å². The Bertz CT molecular complexity index is 664. The third-order valence-electron chi connectivity index (χ3n) is 3.38. The van der Waals surface area contributed by atoms with Crippen molar-refractivity contribution in [3.63, 3.8) is 0 Å². The molecule has 0 aliphatic heterocycles. The summed E-state index contributed by atoms with van der Waals surface area (Å²) in [6.07, 6.45) is 0. The molecule has 0 bridgehead atoms. The molecule has 0 saturated heterocycles. The molecule has 0 unspecified atom stereocenters. The Kier molecular flexibility index (Phi) is 4.91. The first-order valence-corrected chi connectivity index (χ1v) is 6.70. The Hall–Kier alpha value is -2.38. The fourth-order valence-corrected chi connectivity index (χ4v) is 2.18. The lowest BCUT2D eigenvalue weighted by atomic mass is 10.1. The quantitative estimate of drug-likeness (QED) is 0.913. The average Bonchev–Trinajstić information content (AvgIpc) is 2.53. The molecular formula is C17H17FN2O. The summed E-state index contributed by atoms with van der Waals surface area (Å²) in [6.45, 7) is 2.34. The number of halogens is 1. The van der Waals surface area contributed by atoms with E-state index in [0.717, 1.165) is 11.3 Å². The molecule has 21 heavy (non-hydrogen) atoms. The van der Waals surface area contributed by atoms with Gasteiger partial charge >= 0.3 is 0 Å². The molecule has 3 nitrogen and oxygen atoms in total. The van der Waals surface area contributed by atoms with Gasteiger partial charge in [-0.15, -0.1) is 0 Å². The maximum atomic E-state index is 13.7. The summed E-state index contributed by atoms with van der Waals surface area (Å²) in [5.74, 6) is 0.484. The van der Waals surface area contributed by atoms with Gasteiger partial charge in [-0.05, 0) is 31.2 Å². The van der Waals surface area contributed by atoms with Gasteiger partial charge in [0.25, 0.3) is 0 Å². The summed E-state index contributed by atoms with van der Waals surface area (Å²) in [5.41, 5.74) is 1.95. The summed E-state index contributed by atoms with van der Waals surface area (Å²) in [7, 11) is 1.63. The first kappa shape index (κ1) is 15.0. The molecule has 0 aromatic heterocycles. The lowest BCUT2D eigenvalue weighted by Crippen LogP contribution is -2.19. The molecule has 2 aromatic rings. The lowest BCUT2D eigenvalue weighted by molar-refractivity contribution is 0.401. The third kappa shape index (κ3) is 3.59. The van der Waals surface area contributed by atoms with E-state index >= 15 is 0 Å². The van der Waals surface area contributed by atoms with Gasteiger partial charge in [0, 0.05) is 23.7 Å². The Morgan fingerprint density at radius 1 is 1.29 bits per heavy atom. The second kappa shape index (κ2) is 6.87. The van der Waals surface area contributed by atoms with Crippen LogP contribution < -0.4 is 10.1 Å². The number of ether oxygens (including phenoxy) is 1. The van der Waals surface area contributed by atoms with E-state index in [1.807, 2.05) is 37.3 Å². The van der Waals surface area contributed by atoms with Crippen LogP contribution in [0.4, 0.5) is 4.39 Å². The molecule has 1 N–H and O–H groups in total. The van der Waals surface area contributed by atoms with Crippen molar-refractivity contribution in [2.45, 2.75) is 19.5 Å². The Balaban J connectivity index is 2.11. The van der Waals surface area contributed by atoms with Gasteiger partial charge in [-0.25, -0.2) is 4.39 Å². The fourth-order valence-electron chi connectivity index (χ4n) is 2.18. The molecule has 0 radical (unpaired) electrons. The highest BCUT2D eigenvalue weighted by Crippen LogP contribution is 2.24. The van der Waals surface area contributed by atoms with Crippen molar-refractivity contribution in [2.24, 2.45) is 0 Å². The maximum absolute atomic E-state index is 13.7. The van der Waals surface area contributed by atoms with Gasteiger partial charge in [-0.2, -0.15) is 5.26 Å². The zero-order chi connectivity index (χ0) is 15.2. The summed E-state index contributed by atoms with van der Waals surface area (Å²) in [5, 5.41) is 12.1. The molecule has 2 rings (SSSR count). The van der Waals surface area contributed by atoms with E-state index in [2.05, 4.69) is 5.32 Å². The van der Waals surface area contributed by atoms with Crippen LogP contribution in [0.3, 0.4) is 0 Å². The van der Waals surface area contributed by atoms with Crippen molar-refractivity contribution >= 4 is 0 Å². The molecule has 0 aliphatic carbocycles. The number of methoxy groups -OCH3 is 1. The van der Waals surface area contributed by atoms with Crippen LogP contribution >= 0.6 is 0 Å². The van der Waals surface area contributed by atoms with E-state index in [4.69, 9.17) is 10.00 Å². The number of para-hydroxylation sites is 1. The molecule has 0 spiro atoms. The molecule has 0 fully saturated rings. The van der Waals surface area contributed by atoms with E-state index in [1.165, 1.54) is 12.1 Å². The van der Waals surface area contributed by atoms with Crippen LogP contribution in [0.5, 0.6) is 5.75 Å². The van der Waals surface area contributed by atoms with Gasteiger partial charge in [0.15, 0.2) is 0 Å². The molecular weight excluding hydrogens is 267 g/mol. The molecule has 2 aromatic carbocycles. The second-order valence-corrected chi connectivity index (χ2v) is 4.76. The van der Waals surface area contributed by atoms with Crippen LogP contribution in [0.25, 0.3) is 0 Å². The minimum Gasteiger partial charge on any atom is -0.496 e.